The third kappa shape index (κ3) is 3.95. The van der Waals surface area contributed by atoms with Gasteiger partial charge in [-0.15, -0.1) is 0 Å². The van der Waals surface area contributed by atoms with Crippen LogP contribution in [0.5, 0.6) is 0 Å². The Hall–Kier alpha value is -2.08. The summed E-state index contributed by atoms with van der Waals surface area (Å²) in [6.45, 7) is 10.3. The van der Waals surface area contributed by atoms with Crippen molar-refractivity contribution in [3.05, 3.63) is 84.0 Å². The lowest BCUT2D eigenvalue weighted by Gasteiger charge is -2.15. The molecule has 0 amide bonds. The van der Waals surface area contributed by atoms with Gasteiger partial charge in [-0.25, -0.2) is 0 Å². The van der Waals surface area contributed by atoms with Crippen molar-refractivity contribution in [2.24, 2.45) is 5.92 Å². The highest BCUT2D eigenvalue weighted by Gasteiger charge is 2.09. The molecule has 1 unspecified atom stereocenters. The normalized spacial score (nSPS) is 12.5. The van der Waals surface area contributed by atoms with Crippen molar-refractivity contribution in [3.63, 3.8) is 0 Å². The van der Waals surface area contributed by atoms with Crippen molar-refractivity contribution in [3.8, 4) is 11.1 Å². The van der Waals surface area contributed by atoms with E-state index in [1.54, 1.807) is 0 Å². The van der Waals surface area contributed by atoms with E-state index in [4.69, 9.17) is 0 Å². The van der Waals surface area contributed by atoms with E-state index in [-0.39, 0.29) is 0 Å². The van der Waals surface area contributed by atoms with Crippen LogP contribution in [0.4, 0.5) is 0 Å². The molecule has 2 rings (SSSR count). The Morgan fingerprint density at radius 3 is 2.52 bits per heavy atom. The van der Waals surface area contributed by atoms with Crippen LogP contribution >= 0.6 is 0 Å². The molecule has 0 spiro atoms. The minimum absolute atomic E-state index is 0.508. The largest absolute Gasteiger partial charge is 0.0991 e. The lowest BCUT2D eigenvalue weighted by Crippen LogP contribution is -1.99. The number of hydrogen-bond acceptors (Lipinski definition) is 0. The first-order valence-electron chi connectivity index (χ1n) is 7.56. The van der Waals surface area contributed by atoms with Gasteiger partial charge in [-0.2, -0.15) is 0 Å². The summed E-state index contributed by atoms with van der Waals surface area (Å²) in [6, 6.07) is 15.4. The predicted molar refractivity (Wildman–Crippen MR) is 93.6 cm³/mol. The summed E-state index contributed by atoms with van der Waals surface area (Å²) in [4.78, 5) is 0. The first-order chi connectivity index (χ1) is 10.1. The van der Waals surface area contributed by atoms with Crippen LogP contribution in [0, 0.1) is 19.8 Å². The van der Waals surface area contributed by atoms with Crippen LogP contribution in [0.1, 0.15) is 23.6 Å². The molecule has 0 N–H and O–H groups in total. The molecule has 0 saturated heterocycles. The molecule has 2 aromatic carbocycles. The summed E-state index contributed by atoms with van der Waals surface area (Å²) in [5.74, 6) is 0.508. The van der Waals surface area contributed by atoms with Gasteiger partial charge < -0.3 is 0 Å². The van der Waals surface area contributed by atoms with E-state index in [1.807, 2.05) is 12.2 Å². The van der Waals surface area contributed by atoms with Crippen LogP contribution in [-0.4, -0.2) is 0 Å². The van der Waals surface area contributed by atoms with Gasteiger partial charge in [0.15, 0.2) is 0 Å². The minimum atomic E-state index is 0.508. The monoisotopic (exact) mass is 276 g/mol. The van der Waals surface area contributed by atoms with E-state index in [2.05, 4.69) is 75.9 Å². The van der Waals surface area contributed by atoms with Crippen molar-refractivity contribution in [2.45, 2.75) is 27.2 Å². The van der Waals surface area contributed by atoms with Crippen LogP contribution < -0.4 is 0 Å². The van der Waals surface area contributed by atoms with Crippen LogP contribution in [0.25, 0.3) is 11.1 Å². The predicted octanol–water partition coefficient (Wildman–Crippen LogP) is 5.89. The molecule has 0 saturated carbocycles. The summed E-state index contributed by atoms with van der Waals surface area (Å²) in [5, 5.41) is 0. The lowest BCUT2D eigenvalue weighted by atomic mass is 9.90. The lowest BCUT2D eigenvalue weighted by molar-refractivity contribution is 0.724. The molecule has 108 valence electrons. The minimum Gasteiger partial charge on any atom is -0.0991 e. The summed E-state index contributed by atoms with van der Waals surface area (Å²) in [5.41, 5.74) is 6.77. The third-order valence-corrected chi connectivity index (χ3v) is 3.82. The molecule has 0 aromatic heterocycles. The first-order valence-corrected chi connectivity index (χ1v) is 7.56. The number of allylic oxidation sites excluding steroid dienone is 3. The molecule has 0 radical (unpaired) electrons. The highest BCUT2D eigenvalue weighted by molar-refractivity contribution is 5.71. The first kappa shape index (κ1) is 15.3. The zero-order valence-corrected chi connectivity index (χ0v) is 13.3. The van der Waals surface area contributed by atoms with Gasteiger partial charge in [0.2, 0.25) is 0 Å². The zero-order chi connectivity index (χ0) is 15.2. The van der Waals surface area contributed by atoms with Crippen LogP contribution in [0.2, 0.25) is 0 Å². The quantitative estimate of drug-likeness (QED) is 0.597. The average molecular weight is 276 g/mol. The summed E-state index contributed by atoms with van der Waals surface area (Å²) < 4.78 is 0. The zero-order valence-electron chi connectivity index (χ0n) is 13.3. The number of hydrogen-bond donors (Lipinski definition) is 0. The Morgan fingerprint density at radius 2 is 1.81 bits per heavy atom. The molecule has 0 heteroatoms. The fourth-order valence-electron chi connectivity index (χ4n) is 2.68. The molecule has 0 heterocycles. The summed E-state index contributed by atoms with van der Waals surface area (Å²) in [7, 11) is 0. The molecule has 0 bridgehead atoms. The van der Waals surface area contributed by atoms with Gasteiger partial charge in [0.05, 0.1) is 0 Å². The van der Waals surface area contributed by atoms with E-state index >= 15 is 0 Å². The maximum Gasteiger partial charge on any atom is -0.0146 e. The maximum absolute atomic E-state index is 3.74. The molecule has 0 aliphatic carbocycles. The van der Waals surface area contributed by atoms with Gasteiger partial charge in [-0.1, -0.05) is 79.8 Å². The number of rotatable bonds is 5. The van der Waals surface area contributed by atoms with E-state index in [1.165, 1.54) is 27.8 Å². The molecule has 1 atom stereocenters. The Balaban J connectivity index is 2.41. The van der Waals surface area contributed by atoms with Gasteiger partial charge in [0.1, 0.15) is 0 Å². The van der Waals surface area contributed by atoms with Crippen LogP contribution in [0.15, 0.2) is 67.3 Å². The molecular formula is C21H24. The van der Waals surface area contributed by atoms with Crippen molar-refractivity contribution in [1.82, 2.24) is 0 Å². The second kappa shape index (κ2) is 7.08. The van der Waals surface area contributed by atoms with Gasteiger partial charge in [0, 0.05) is 0 Å². The van der Waals surface area contributed by atoms with Crippen molar-refractivity contribution >= 4 is 0 Å². The van der Waals surface area contributed by atoms with Gasteiger partial charge >= 0.3 is 0 Å². The van der Waals surface area contributed by atoms with Crippen LogP contribution in [-0.2, 0) is 6.42 Å². The van der Waals surface area contributed by atoms with Crippen molar-refractivity contribution in [1.29, 1.82) is 0 Å². The molecule has 21 heavy (non-hydrogen) atoms. The second-order valence-electron chi connectivity index (χ2n) is 5.78. The van der Waals surface area contributed by atoms with Crippen molar-refractivity contribution < 1.29 is 0 Å². The topological polar surface area (TPSA) is 0 Å². The van der Waals surface area contributed by atoms with E-state index in [0.29, 0.717) is 5.92 Å². The molecule has 0 nitrogen and oxygen atoms in total. The standard InChI is InChI=1S/C21H24/c1-5-6-9-16(2)14-19-13-12-17(3)15-21(19)20-11-8-7-10-18(20)4/h5-13,15-16H,1,14H2,2-4H3/b9-6-. The Bertz CT molecular complexity index is 647. The third-order valence-electron chi connectivity index (χ3n) is 3.82. The fraction of sp³-hybridized carbons (Fsp3) is 0.238. The number of aryl methyl sites for hydroxylation is 2. The molecule has 0 fully saturated rings. The highest BCUT2D eigenvalue weighted by atomic mass is 14.1. The fourth-order valence-corrected chi connectivity index (χ4v) is 2.68. The molecule has 2 aromatic rings. The molecule has 0 aliphatic heterocycles. The Kier molecular flexibility index (Phi) is 5.16. The molecule has 0 aliphatic rings. The average Bonchev–Trinajstić information content (AvgIpc) is 2.47. The SMILES string of the molecule is C=C/C=C\C(C)Cc1ccc(C)cc1-c1ccccc1C. The smallest absolute Gasteiger partial charge is 0.0146 e. The molecular weight excluding hydrogens is 252 g/mol. The van der Waals surface area contributed by atoms with Crippen molar-refractivity contribution in [2.75, 3.05) is 0 Å². The Labute approximate surface area is 128 Å². The van der Waals surface area contributed by atoms with Gasteiger partial charge in [0.25, 0.3) is 0 Å². The Morgan fingerprint density at radius 1 is 1.05 bits per heavy atom. The van der Waals surface area contributed by atoms with Gasteiger partial charge in [-0.3, -0.25) is 0 Å². The second-order valence-corrected chi connectivity index (χ2v) is 5.78. The maximum atomic E-state index is 3.74. The summed E-state index contributed by atoms with van der Waals surface area (Å²) in [6.07, 6.45) is 7.14. The summed E-state index contributed by atoms with van der Waals surface area (Å²) >= 11 is 0. The highest BCUT2D eigenvalue weighted by Crippen LogP contribution is 2.29. The van der Waals surface area contributed by atoms with E-state index < -0.39 is 0 Å². The van der Waals surface area contributed by atoms with Gasteiger partial charge in [-0.05, 0) is 48.4 Å². The van der Waals surface area contributed by atoms with E-state index in [0.717, 1.165) is 6.42 Å². The number of benzene rings is 2. The van der Waals surface area contributed by atoms with E-state index in [9.17, 15) is 0 Å². The van der Waals surface area contributed by atoms with Crippen LogP contribution in [0.3, 0.4) is 0 Å².